The Morgan fingerprint density at radius 2 is 2.18 bits per heavy atom. The number of ether oxygens (including phenoxy) is 1. The molecule has 6 nitrogen and oxygen atoms in total. The number of aliphatic hydroxyl groups excluding tert-OH is 1. The normalized spacial score (nSPS) is 21.4. The predicted octanol–water partition coefficient (Wildman–Crippen LogP) is 0.867. The van der Waals surface area contributed by atoms with Crippen molar-refractivity contribution in [3.8, 4) is 0 Å². The van der Waals surface area contributed by atoms with Crippen LogP contribution in [0.25, 0.3) is 0 Å². The maximum Gasteiger partial charge on any atom is 0.246 e. The Hall–Kier alpha value is -0.980. The van der Waals surface area contributed by atoms with Gasteiger partial charge in [0, 0.05) is 7.11 Å². The molecule has 1 aromatic rings. The van der Waals surface area contributed by atoms with Crippen LogP contribution in [0.4, 0.5) is 0 Å². The highest BCUT2D eigenvalue weighted by molar-refractivity contribution is 5.04. The van der Waals surface area contributed by atoms with E-state index < -0.39 is 11.6 Å². The van der Waals surface area contributed by atoms with Gasteiger partial charge in [-0.05, 0) is 12.8 Å². The molecule has 1 unspecified atom stereocenters. The molecule has 1 atom stereocenters. The monoisotopic (exact) mass is 241 g/mol. The zero-order valence-electron chi connectivity index (χ0n) is 10.1. The molecule has 1 aliphatic rings. The second-order valence-corrected chi connectivity index (χ2v) is 4.50. The van der Waals surface area contributed by atoms with Crippen LogP contribution in [0.2, 0.25) is 0 Å². The first-order chi connectivity index (χ1) is 8.22. The Balaban J connectivity index is 2.22. The molecule has 0 amide bonds. The van der Waals surface area contributed by atoms with Gasteiger partial charge in [-0.2, -0.15) is 4.98 Å². The third-order valence-corrected chi connectivity index (χ3v) is 3.42. The Bertz CT molecular complexity index is 361. The van der Waals surface area contributed by atoms with E-state index in [9.17, 15) is 0 Å². The van der Waals surface area contributed by atoms with Crippen LogP contribution in [-0.4, -0.2) is 29.0 Å². The zero-order chi connectivity index (χ0) is 12.3. The zero-order valence-corrected chi connectivity index (χ0v) is 10.1. The van der Waals surface area contributed by atoms with E-state index in [0.29, 0.717) is 5.82 Å². The van der Waals surface area contributed by atoms with E-state index >= 15 is 0 Å². The third-order valence-electron chi connectivity index (χ3n) is 3.42. The van der Waals surface area contributed by atoms with Crippen molar-refractivity contribution in [2.45, 2.75) is 43.7 Å². The van der Waals surface area contributed by atoms with Crippen LogP contribution in [0.15, 0.2) is 4.52 Å². The number of aliphatic hydroxyl groups is 1. The number of aromatic nitrogens is 2. The molecule has 0 radical (unpaired) electrons. The van der Waals surface area contributed by atoms with E-state index in [1.54, 1.807) is 7.11 Å². The fourth-order valence-corrected chi connectivity index (χ4v) is 2.29. The molecule has 1 heterocycles. The summed E-state index contributed by atoms with van der Waals surface area (Å²) < 4.78 is 10.7. The van der Waals surface area contributed by atoms with E-state index in [0.717, 1.165) is 25.7 Å². The molecule has 6 heteroatoms. The molecule has 0 spiro atoms. The Morgan fingerprint density at radius 1 is 1.47 bits per heavy atom. The molecular weight excluding hydrogens is 222 g/mol. The molecule has 17 heavy (non-hydrogen) atoms. The first-order valence-electron chi connectivity index (χ1n) is 5.97. The molecule has 1 fully saturated rings. The fraction of sp³-hybridized carbons (Fsp3) is 0.818. The van der Waals surface area contributed by atoms with Crippen LogP contribution in [0.5, 0.6) is 0 Å². The number of hydrogen-bond donors (Lipinski definition) is 2. The summed E-state index contributed by atoms with van der Waals surface area (Å²) in [5.74, 6) is 0.822. The average Bonchev–Trinajstić information content (AvgIpc) is 2.88. The molecule has 1 aliphatic carbocycles. The second kappa shape index (κ2) is 5.12. The van der Waals surface area contributed by atoms with Crippen LogP contribution < -0.4 is 5.73 Å². The molecule has 3 N–H and O–H groups in total. The van der Waals surface area contributed by atoms with Crippen molar-refractivity contribution in [1.82, 2.24) is 10.1 Å². The van der Waals surface area contributed by atoms with E-state index in [2.05, 4.69) is 10.1 Å². The molecule has 0 saturated heterocycles. The van der Waals surface area contributed by atoms with Gasteiger partial charge in [-0.25, -0.2) is 0 Å². The Labute approximate surface area is 100 Å². The van der Waals surface area contributed by atoms with E-state index in [1.807, 2.05) is 0 Å². The number of nitrogens with zero attached hydrogens (tertiary/aromatic N) is 2. The van der Waals surface area contributed by atoms with Crippen molar-refractivity contribution >= 4 is 0 Å². The summed E-state index contributed by atoms with van der Waals surface area (Å²) in [6.07, 6.45) is 5.22. The van der Waals surface area contributed by atoms with Crippen LogP contribution in [0.1, 0.15) is 49.9 Å². The van der Waals surface area contributed by atoms with Gasteiger partial charge >= 0.3 is 0 Å². The van der Waals surface area contributed by atoms with Crippen LogP contribution in [0, 0.1) is 0 Å². The number of hydrogen-bond acceptors (Lipinski definition) is 6. The third kappa shape index (κ3) is 2.34. The van der Waals surface area contributed by atoms with Crippen molar-refractivity contribution in [2.75, 3.05) is 13.7 Å². The summed E-state index contributed by atoms with van der Waals surface area (Å²) in [5, 5.41) is 12.9. The maximum absolute atomic E-state index is 8.95. The van der Waals surface area contributed by atoms with Gasteiger partial charge in [-0.15, -0.1) is 0 Å². The molecule has 2 rings (SSSR count). The quantitative estimate of drug-likeness (QED) is 0.812. The van der Waals surface area contributed by atoms with Crippen molar-refractivity contribution in [3.05, 3.63) is 11.7 Å². The Morgan fingerprint density at radius 3 is 2.76 bits per heavy atom. The first-order valence-corrected chi connectivity index (χ1v) is 5.97. The highest BCUT2D eigenvalue weighted by atomic mass is 16.5. The molecule has 1 saturated carbocycles. The van der Waals surface area contributed by atoms with Gasteiger partial charge in [-0.3, -0.25) is 0 Å². The minimum absolute atomic E-state index is 0.207. The van der Waals surface area contributed by atoms with Crippen molar-refractivity contribution in [2.24, 2.45) is 5.73 Å². The summed E-state index contributed by atoms with van der Waals surface area (Å²) in [4.78, 5) is 4.26. The molecule has 0 aliphatic heterocycles. The summed E-state index contributed by atoms with van der Waals surface area (Å²) in [6.45, 7) is -0.207. The summed E-state index contributed by atoms with van der Waals surface area (Å²) in [7, 11) is 1.67. The van der Waals surface area contributed by atoms with Crippen LogP contribution >= 0.6 is 0 Å². The highest BCUT2D eigenvalue weighted by Crippen LogP contribution is 2.38. The summed E-state index contributed by atoms with van der Waals surface area (Å²) in [6, 6.07) is -0.617. The van der Waals surface area contributed by atoms with Gasteiger partial charge < -0.3 is 20.1 Å². The minimum Gasteiger partial charge on any atom is -0.394 e. The lowest BCUT2D eigenvalue weighted by molar-refractivity contribution is -0.0527. The molecule has 0 bridgehead atoms. The second-order valence-electron chi connectivity index (χ2n) is 4.50. The SMILES string of the molecule is COC1(c2noc(C(N)CO)n2)CCCCC1. The minimum atomic E-state index is -0.617. The van der Waals surface area contributed by atoms with E-state index in [-0.39, 0.29) is 12.5 Å². The van der Waals surface area contributed by atoms with Crippen LogP contribution in [-0.2, 0) is 10.3 Å². The summed E-state index contributed by atoms with van der Waals surface area (Å²) in [5.41, 5.74) is 5.20. The molecule has 0 aromatic carbocycles. The van der Waals surface area contributed by atoms with Gasteiger partial charge in [0.1, 0.15) is 11.6 Å². The van der Waals surface area contributed by atoms with Gasteiger partial charge in [0.2, 0.25) is 11.7 Å². The van der Waals surface area contributed by atoms with E-state index in [4.69, 9.17) is 20.1 Å². The average molecular weight is 241 g/mol. The number of methoxy groups -OCH3 is 1. The van der Waals surface area contributed by atoms with Crippen molar-refractivity contribution in [1.29, 1.82) is 0 Å². The lowest BCUT2D eigenvalue weighted by atomic mass is 9.84. The first kappa shape index (κ1) is 12.5. The van der Waals surface area contributed by atoms with Gasteiger partial charge in [0.15, 0.2) is 0 Å². The number of nitrogens with two attached hydrogens (primary N) is 1. The predicted molar refractivity (Wildman–Crippen MR) is 60.1 cm³/mol. The summed E-state index contributed by atoms with van der Waals surface area (Å²) >= 11 is 0. The van der Waals surface area contributed by atoms with Crippen LogP contribution in [0.3, 0.4) is 0 Å². The number of rotatable bonds is 4. The highest BCUT2D eigenvalue weighted by Gasteiger charge is 2.38. The molecule has 1 aromatic heterocycles. The Kier molecular flexibility index (Phi) is 3.76. The van der Waals surface area contributed by atoms with Crippen molar-refractivity contribution < 1.29 is 14.4 Å². The topological polar surface area (TPSA) is 94.4 Å². The lowest BCUT2D eigenvalue weighted by Crippen LogP contribution is -2.32. The molecule has 96 valence electrons. The fourth-order valence-electron chi connectivity index (χ4n) is 2.29. The van der Waals surface area contributed by atoms with Crippen molar-refractivity contribution in [3.63, 3.8) is 0 Å². The van der Waals surface area contributed by atoms with Gasteiger partial charge in [-0.1, -0.05) is 24.4 Å². The lowest BCUT2D eigenvalue weighted by Gasteiger charge is -2.32. The standard InChI is InChI=1S/C11H19N3O3/c1-16-11(5-3-2-4-6-11)10-13-9(17-14-10)8(12)7-15/h8,15H,2-7,12H2,1H3. The van der Waals surface area contributed by atoms with E-state index in [1.165, 1.54) is 6.42 Å². The molecular formula is C11H19N3O3. The largest absolute Gasteiger partial charge is 0.394 e. The van der Waals surface area contributed by atoms with Gasteiger partial charge in [0.25, 0.3) is 0 Å². The van der Waals surface area contributed by atoms with Gasteiger partial charge in [0.05, 0.1) is 6.61 Å². The smallest absolute Gasteiger partial charge is 0.246 e. The maximum atomic E-state index is 8.95.